The van der Waals surface area contributed by atoms with Crippen LogP contribution in [-0.4, -0.2) is 14.2 Å². The molecule has 1 aromatic carbocycles. The van der Waals surface area contributed by atoms with Crippen molar-refractivity contribution in [1.82, 2.24) is 0 Å². The van der Waals surface area contributed by atoms with Gasteiger partial charge in [-0.15, -0.1) is 0 Å². The minimum Gasteiger partial charge on any atom is -0.497 e. The molecule has 0 fully saturated rings. The second kappa shape index (κ2) is 5.03. The molecule has 3 nitrogen and oxygen atoms in total. The van der Waals surface area contributed by atoms with Crippen molar-refractivity contribution in [3.63, 3.8) is 0 Å². The lowest BCUT2D eigenvalue weighted by Gasteiger charge is -2.17. The Morgan fingerprint density at radius 2 is 1.47 bits per heavy atom. The van der Waals surface area contributed by atoms with Crippen molar-refractivity contribution in [2.75, 3.05) is 14.2 Å². The molecule has 0 aliphatic rings. The topological polar surface area (TPSA) is 44.5 Å². The van der Waals surface area contributed by atoms with Crippen molar-refractivity contribution in [3.8, 4) is 11.5 Å². The van der Waals surface area contributed by atoms with Gasteiger partial charge in [-0.25, -0.2) is 0 Å². The summed E-state index contributed by atoms with van der Waals surface area (Å²) in [6.45, 7) is 4.19. The lowest BCUT2D eigenvalue weighted by molar-refractivity contribution is 0.391. The second-order valence-corrected chi connectivity index (χ2v) is 3.92. The van der Waals surface area contributed by atoms with Crippen molar-refractivity contribution in [2.24, 2.45) is 11.7 Å². The van der Waals surface area contributed by atoms with Crippen molar-refractivity contribution >= 4 is 0 Å². The summed E-state index contributed by atoms with van der Waals surface area (Å²) in [5, 5.41) is 0. The summed E-state index contributed by atoms with van der Waals surface area (Å²) in [5.41, 5.74) is 7.12. The van der Waals surface area contributed by atoms with Gasteiger partial charge in [0.1, 0.15) is 11.5 Å². The quantitative estimate of drug-likeness (QED) is 0.828. The van der Waals surface area contributed by atoms with Gasteiger partial charge in [0.25, 0.3) is 0 Å². The number of benzene rings is 1. The molecule has 1 aromatic rings. The predicted molar refractivity (Wildman–Crippen MR) is 61.3 cm³/mol. The third kappa shape index (κ3) is 2.86. The molecule has 0 aromatic heterocycles. The number of rotatable bonds is 4. The van der Waals surface area contributed by atoms with Gasteiger partial charge in [0.2, 0.25) is 0 Å². The van der Waals surface area contributed by atoms with Gasteiger partial charge < -0.3 is 15.2 Å². The first-order valence-electron chi connectivity index (χ1n) is 5.07. The van der Waals surface area contributed by atoms with Gasteiger partial charge in [-0.05, 0) is 23.6 Å². The highest BCUT2D eigenvalue weighted by molar-refractivity contribution is 5.39. The largest absolute Gasteiger partial charge is 0.497 e. The van der Waals surface area contributed by atoms with E-state index in [4.69, 9.17) is 15.2 Å². The molecule has 84 valence electrons. The van der Waals surface area contributed by atoms with Crippen LogP contribution < -0.4 is 15.2 Å². The second-order valence-electron chi connectivity index (χ2n) is 3.92. The molecule has 1 rings (SSSR count). The lowest BCUT2D eigenvalue weighted by atomic mass is 9.97. The van der Waals surface area contributed by atoms with Crippen LogP contribution in [0.5, 0.6) is 11.5 Å². The van der Waals surface area contributed by atoms with Crippen LogP contribution in [0, 0.1) is 5.92 Å². The molecule has 0 unspecified atom stereocenters. The Morgan fingerprint density at radius 1 is 1.00 bits per heavy atom. The molecule has 3 heteroatoms. The van der Waals surface area contributed by atoms with E-state index in [1.165, 1.54) is 0 Å². The van der Waals surface area contributed by atoms with Crippen molar-refractivity contribution in [2.45, 2.75) is 19.9 Å². The molecule has 0 saturated heterocycles. The van der Waals surface area contributed by atoms with Crippen molar-refractivity contribution < 1.29 is 9.47 Å². The Balaban J connectivity index is 3.06. The van der Waals surface area contributed by atoms with Gasteiger partial charge in [0.15, 0.2) is 0 Å². The summed E-state index contributed by atoms with van der Waals surface area (Å²) in [7, 11) is 3.28. The number of methoxy groups -OCH3 is 2. The van der Waals surface area contributed by atoms with Crippen LogP contribution in [0.1, 0.15) is 25.5 Å². The summed E-state index contributed by atoms with van der Waals surface area (Å²) in [6, 6.07) is 5.76. The summed E-state index contributed by atoms with van der Waals surface area (Å²) in [5.74, 6) is 1.95. The maximum absolute atomic E-state index is 6.07. The molecule has 0 radical (unpaired) electrons. The molecule has 2 N–H and O–H groups in total. The molecule has 0 saturated carbocycles. The van der Waals surface area contributed by atoms with E-state index in [0.29, 0.717) is 5.92 Å². The van der Waals surface area contributed by atoms with E-state index in [9.17, 15) is 0 Å². The van der Waals surface area contributed by atoms with Crippen LogP contribution in [-0.2, 0) is 0 Å². The van der Waals surface area contributed by atoms with Gasteiger partial charge in [-0.1, -0.05) is 13.8 Å². The zero-order chi connectivity index (χ0) is 11.4. The smallest absolute Gasteiger partial charge is 0.122 e. The summed E-state index contributed by atoms with van der Waals surface area (Å²) in [4.78, 5) is 0. The zero-order valence-corrected chi connectivity index (χ0v) is 9.78. The van der Waals surface area contributed by atoms with Crippen LogP contribution in [0.2, 0.25) is 0 Å². The molecule has 15 heavy (non-hydrogen) atoms. The predicted octanol–water partition coefficient (Wildman–Crippen LogP) is 2.36. The van der Waals surface area contributed by atoms with E-state index in [2.05, 4.69) is 13.8 Å². The van der Waals surface area contributed by atoms with E-state index in [0.717, 1.165) is 17.1 Å². The fourth-order valence-corrected chi connectivity index (χ4v) is 1.41. The van der Waals surface area contributed by atoms with Gasteiger partial charge >= 0.3 is 0 Å². The summed E-state index contributed by atoms with van der Waals surface area (Å²) in [6.07, 6.45) is 0. The number of hydrogen-bond acceptors (Lipinski definition) is 3. The van der Waals surface area contributed by atoms with Crippen molar-refractivity contribution in [1.29, 1.82) is 0 Å². The van der Waals surface area contributed by atoms with Crippen LogP contribution in [0.25, 0.3) is 0 Å². The maximum atomic E-state index is 6.07. The molecule has 1 atom stereocenters. The SMILES string of the molecule is COc1cc(OC)cc([C@@H](N)C(C)C)c1. The van der Waals surface area contributed by atoms with E-state index in [-0.39, 0.29) is 6.04 Å². The Kier molecular flexibility index (Phi) is 3.97. The first kappa shape index (κ1) is 11.9. The van der Waals surface area contributed by atoms with Gasteiger partial charge in [0.05, 0.1) is 14.2 Å². The Hall–Kier alpha value is -1.22. The Bertz CT molecular complexity index is 301. The van der Waals surface area contributed by atoms with Gasteiger partial charge in [-0.2, -0.15) is 0 Å². The monoisotopic (exact) mass is 209 g/mol. The van der Waals surface area contributed by atoms with Gasteiger partial charge in [-0.3, -0.25) is 0 Å². The third-order valence-electron chi connectivity index (χ3n) is 2.48. The molecule has 0 bridgehead atoms. The van der Waals surface area contributed by atoms with Crippen molar-refractivity contribution in [3.05, 3.63) is 23.8 Å². The fourth-order valence-electron chi connectivity index (χ4n) is 1.41. The van der Waals surface area contributed by atoms with E-state index < -0.39 is 0 Å². The van der Waals surface area contributed by atoms with Crippen LogP contribution in [0.4, 0.5) is 0 Å². The third-order valence-corrected chi connectivity index (χ3v) is 2.48. The standard InChI is InChI=1S/C12H19NO2/c1-8(2)12(13)9-5-10(14-3)7-11(6-9)15-4/h5-8,12H,13H2,1-4H3/t12-/m0/s1. The average Bonchev–Trinajstić information content (AvgIpc) is 2.27. The highest BCUT2D eigenvalue weighted by atomic mass is 16.5. The summed E-state index contributed by atoms with van der Waals surface area (Å²) < 4.78 is 10.4. The van der Waals surface area contributed by atoms with Crippen LogP contribution in [0.15, 0.2) is 18.2 Å². The minimum absolute atomic E-state index is 0.00833. The molecule has 0 amide bonds. The van der Waals surface area contributed by atoms with E-state index in [1.807, 2.05) is 18.2 Å². The molecule has 0 aliphatic heterocycles. The molecule has 0 spiro atoms. The molecular formula is C12H19NO2. The normalized spacial score (nSPS) is 12.7. The van der Waals surface area contributed by atoms with E-state index >= 15 is 0 Å². The Labute approximate surface area is 91.2 Å². The Morgan fingerprint density at radius 3 is 1.80 bits per heavy atom. The highest BCUT2D eigenvalue weighted by Gasteiger charge is 2.12. The number of hydrogen-bond donors (Lipinski definition) is 1. The minimum atomic E-state index is 0.00833. The lowest BCUT2D eigenvalue weighted by Crippen LogP contribution is -2.16. The average molecular weight is 209 g/mol. The van der Waals surface area contributed by atoms with Crippen LogP contribution >= 0.6 is 0 Å². The fraction of sp³-hybridized carbons (Fsp3) is 0.500. The number of nitrogens with two attached hydrogens (primary N) is 1. The molecule has 0 aliphatic carbocycles. The van der Waals surface area contributed by atoms with Crippen LogP contribution in [0.3, 0.4) is 0 Å². The highest BCUT2D eigenvalue weighted by Crippen LogP contribution is 2.28. The van der Waals surface area contributed by atoms with E-state index in [1.54, 1.807) is 14.2 Å². The molecular weight excluding hydrogens is 190 g/mol. The van der Waals surface area contributed by atoms with Gasteiger partial charge in [0, 0.05) is 12.1 Å². The number of ether oxygens (including phenoxy) is 2. The molecule has 0 heterocycles. The first-order chi connectivity index (χ1) is 7.08. The maximum Gasteiger partial charge on any atom is 0.122 e. The zero-order valence-electron chi connectivity index (χ0n) is 9.78. The summed E-state index contributed by atoms with van der Waals surface area (Å²) >= 11 is 0. The first-order valence-corrected chi connectivity index (χ1v) is 5.07.